The van der Waals surface area contributed by atoms with Crippen molar-refractivity contribution in [2.24, 2.45) is 13.0 Å². The zero-order chi connectivity index (χ0) is 11.7. The molecule has 0 aromatic carbocycles. The molecule has 16 heavy (non-hydrogen) atoms. The van der Waals surface area contributed by atoms with Gasteiger partial charge in [-0.2, -0.15) is 5.10 Å². The fourth-order valence-electron chi connectivity index (χ4n) is 1.81. The highest BCUT2D eigenvalue weighted by Crippen LogP contribution is 2.20. The van der Waals surface area contributed by atoms with Gasteiger partial charge in [-0.05, 0) is 12.8 Å². The number of nitrogens with zero attached hydrogens (tertiary/aromatic N) is 5. The van der Waals surface area contributed by atoms with Crippen molar-refractivity contribution in [3.8, 4) is 11.4 Å². The van der Waals surface area contributed by atoms with Gasteiger partial charge < -0.3 is 4.57 Å². The summed E-state index contributed by atoms with van der Waals surface area (Å²) in [5.41, 5.74) is 2.04. The van der Waals surface area contributed by atoms with Gasteiger partial charge in [0.1, 0.15) is 6.33 Å². The van der Waals surface area contributed by atoms with Crippen LogP contribution in [0, 0.1) is 12.8 Å². The first-order valence-electron chi connectivity index (χ1n) is 5.46. The van der Waals surface area contributed by atoms with Crippen LogP contribution in [0.25, 0.3) is 11.4 Å². The number of rotatable bonds is 3. The molecule has 0 bridgehead atoms. The van der Waals surface area contributed by atoms with E-state index in [9.17, 15) is 0 Å². The molecule has 5 nitrogen and oxygen atoms in total. The molecule has 0 atom stereocenters. The third-order valence-electron chi connectivity index (χ3n) is 2.43. The summed E-state index contributed by atoms with van der Waals surface area (Å²) in [7, 11) is 1.92. The third kappa shape index (κ3) is 1.98. The summed E-state index contributed by atoms with van der Waals surface area (Å²) in [6.45, 7) is 7.28. The molecule has 86 valence electrons. The van der Waals surface area contributed by atoms with Crippen molar-refractivity contribution >= 4 is 0 Å². The first-order valence-corrected chi connectivity index (χ1v) is 5.46. The maximum Gasteiger partial charge on any atom is 0.167 e. The van der Waals surface area contributed by atoms with Crippen LogP contribution in [0.5, 0.6) is 0 Å². The Hall–Kier alpha value is -1.65. The topological polar surface area (TPSA) is 48.5 Å². The molecular weight excluding hydrogens is 202 g/mol. The summed E-state index contributed by atoms with van der Waals surface area (Å²) >= 11 is 0. The van der Waals surface area contributed by atoms with Gasteiger partial charge in [0.15, 0.2) is 5.82 Å². The Morgan fingerprint density at radius 3 is 2.69 bits per heavy atom. The van der Waals surface area contributed by atoms with Crippen LogP contribution in [-0.4, -0.2) is 24.5 Å². The van der Waals surface area contributed by atoms with E-state index < -0.39 is 0 Å². The van der Waals surface area contributed by atoms with Gasteiger partial charge in [-0.15, -0.1) is 10.2 Å². The van der Waals surface area contributed by atoms with E-state index in [0.717, 1.165) is 23.6 Å². The van der Waals surface area contributed by atoms with E-state index in [2.05, 4.69) is 33.7 Å². The smallest absolute Gasteiger partial charge is 0.167 e. The fourth-order valence-corrected chi connectivity index (χ4v) is 1.81. The largest absolute Gasteiger partial charge is 0.313 e. The second kappa shape index (κ2) is 4.08. The van der Waals surface area contributed by atoms with Crippen molar-refractivity contribution in [1.82, 2.24) is 24.5 Å². The summed E-state index contributed by atoms with van der Waals surface area (Å²) in [6.07, 6.45) is 3.76. The van der Waals surface area contributed by atoms with Crippen LogP contribution in [0.2, 0.25) is 0 Å². The van der Waals surface area contributed by atoms with Crippen LogP contribution in [-0.2, 0) is 13.6 Å². The second-order valence-corrected chi connectivity index (χ2v) is 4.50. The zero-order valence-electron chi connectivity index (χ0n) is 10.2. The molecular formula is C11H17N5. The maximum absolute atomic E-state index is 4.32. The lowest BCUT2D eigenvalue weighted by Gasteiger charge is -2.07. The molecule has 0 fully saturated rings. The highest BCUT2D eigenvalue weighted by atomic mass is 15.3. The molecule has 0 saturated carbocycles. The first-order chi connectivity index (χ1) is 7.58. The average molecular weight is 219 g/mol. The molecule has 0 N–H and O–H groups in total. The van der Waals surface area contributed by atoms with Crippen molar-refractivity contribution < 1.29 is 0 Å². The lowest BCUT2D eigenvalue weighted by Crippen LogP contribution is -2.05. The number of hydrogen-bond acceptors (Lipinski definition) is 3. The van der Waals surface area contributed by atoms with Gasteiger partial charge in [0.05, 0.1) is 11.3 Å². The van der Waals surface area contributed by atoms with Crippen LogP contribution in [0.3, 0.4) is 0 Å². The fraction of sp³-hybridized carbons (Fsp3) is 0.545. The molecule has 2 heterocycles. The van der Waals surface area contributed by atoms with E-state index >= 15 is 0 Å². The Morgan fingerprint density at radius 1 is 1.38 bits per heavy atom. The van der Waals surface area contributed by atoms with E-state index in [1.165, 1.54) is 0 Å². The third-order valence-corrected chi connectivity index (χ3v) is 2.43. The van der Waals surface area contributed by atoms with Gasteiger partial charge in [-0.1, -0.05) is 13.8 Å². The molecule has 0 amide bonds. The molecule has 0 radical (unpaired) electrons. The maximum atomic E-state index is 4.32. The average Bonchev–Trinajstić information content (AvgIpc) is 2.72. The standard InChI is InChI=1S/C11H17N5/c1-8(2)5-16-7-12-13-11(16)10-6-15(4)14-9(10)3/h6-8H,5H2,1-4H3. The van der Waals surface area contributed by atoms with Crippen LogP contribution in [0.4, 0.5) is 0 Å². The molecule has 0 aliphatic rings. The Morgan fingerprint density at radius 2 is 2.12 bits per heavy atom. The minimum atomic E-state index is 0.576. The Labute approximate surface area is 95.1 Å². The van der Waals surface area contributed by atoms with Gasteiger partial charge >= 0.3 is 0 Å². The van der Waals surface area contributed by atoms with E-state index in [4.69, 9.17) is 0 Å². The van der Waals surface area contributed by atoms with Crippen LogP contribution in [0.1, 0.15) is 19.5 Å². The van der Waals surface area contributed by atoms with Crippen molar-refractivity contribution in [2.45, 2.75) is 27.3 Å². The molecule has 5 heteroatoms. The summed E-state index contributed by atoms with van der Waals surface area (Å²) in [6, 6.07) is 0. The molecule has 0 saturated heterocycles. The molecule has 0 spiro atoms. The van der Waals surface area contributed by atoms with Crippen molar-refractivity contribution in [1.29, 1.82) is 0 Å². The van der Waals surface area contributed by atoms with Gasteiger partial charge in [0.25, 0.3) is 0 Å². The summed E-state index contributed by atoms with van der Waals surface area (Å²) in [4.78, 5) is 0. The summed E-state index contributed by atoms with van der Waals surface area (Å²) in [5, 5.41) is 12.5. The molecule has 0 unspecified atom stereocenters. The van der Waals surface area contributed by atoms with Crippen molar-refractivity contribution in [2.75, 3.05) is 0 Å². The minimum absolute atomic E-state index is 0.576. The van der Waals surface area contributed by atoms with E-state index in [1.807, 2.05) is 20.2 Å². The predicted molar refractivity (Wildman–Crippen MR) is 61.8 cm³/mol. The predicted octanol–water partition coefficient (Wildman–Crippen LogP) is 1.64. The lowest BCUT2D eigenvalue weighted by atomic mass is 10.2. The minimum Gasteiger partial charge on any atom is -0.313 e. The molecule has 0 aliphatic heterocycles. The normalized spacial score (nSPS) is 11.3. The Bertz CT molecular complexity index is 480. The van der Waals surface area contributed by atoms with E-state index in [1.54, 1.807) is 11.0 Å². The number of aromatic nitrogens is 5. The van der Waals surface area contributed by atoms with Crippen LogP contribution >= 0.6 is 0 Å². The van der Waals surface area contributed by atoms with Gasteiger partial charge in [-0.25, -0.2) is 0 Å². The number of aryl methyl sites for hydroxylation is 2. The number of hydrogen-bond donors (Lipinski definition) is 0. The van der Waals surface area contributed by atoms with Gasteiger partial charge in [0, 0.05) is 19.8 Å². The lowest BCUT2D eigenvalue weighted by molar-refractivity contribution is 0.525. The molecule has 2 rings (SSSR count). The van der Waals surface area contributed by atoms with Crippen molar-refractivity contribution in [3.05, 3.63) is 18.2 Å². The van der Waals surface area contributed by atoms with Crippen LogP contribution < -0.4 is 0 Å². The first kappa shape index (κ1) is 10.9. The molecule has 2 aromatic heterocycles. The zero-order valence-corrected chi connectivity index (χ0v) is 10.2. The van der Waals surface area contributed by atoms with E-state index in [-0.39, 0.29) is 0 Å². The molecule has 0 aliphatic carbocycles. The van der Waals surface area contributed by atoms with Gasteiger partial charge in [-0.3, -0.25) is 4.68 Å². The summed E-state index contributed by atoms with van der Waals surface area (Å²) < 4.78 is 3.88. The monoisotopic (exact) mass is 219 g/mol. The Balaban J connectivity index is 2.40. The van der Waals surface area contributed by atoms with Crippen LogP contribution in [0.15, 0.2) is 12.5 Å². The van der Waals surface area contributed by atoms with Gasteiger partial charge in [0.2, 0.25) is 0 Å². The molecule has 2 aromatic rings. The second-order valence-electron chi connectivity index (χ2n) is 4.50. The SMILES string of the molecule is Cc1nn(C)cc1-c1nncn1CC(C)C. The quantitative estimate of drug-likeness (QED) is 0.788. The van der Waals surface area contributed by atoms with E-state index in [0.29, 0.717) is 5.92 Å². The summed E-state index contributed by atoms with van der Waals surface area (Å²) in [5.74, 6) is 1.48. The highest BCUT2D eigenvalue weighted by molar-refractivity contribution is 5.56. The highest BCUT2D eigenvalue weighted by Gasteiger charge is 2.13. The van der Waals surface area contributed by atoms with Crippen molar-refractivity contribution in [3.63, 3.8) is 0 Å². The Kier molecular flexibility index (Phi) is 2.77.